The Morgan fingerprint density at radius 2 is 1.65 bits per heavy atom. The van der Waals surface area contributed by atoms with Crippen molar-refractivity contribution < 1.29 is 4.79 Å². The van der Waals surface area contributed by atoms with Crippen LogP contribution in [0, 0.1) is 5.92 Å². The molecule has 1 aliphatic carbocycles. The highest BCUT2D eigenvalue weighted by Gasteiger charge is 2.36. The van der Waals surface area contributed by atoms with Gasteiger partial charge in [-0.2, -0.15) is 0 Å². The van der Waals surface area contributed by atoms with Crippen molar-refractivity contribution in [2.75, 3.05) is 42.5 Å². The van der Waals surface area contributed by atoms with E-state index in [1.54, 1.807) is 0 Å². The van der Waals surface area contributed by atoms with Crippen LogP contribution in [-0.2, 0) is 11.2 Å². The molecule has 1 atom stereocenters. The predicted octanol–water partition coefficient (Wildman–Crippen LogP) is 5.22. The fourth-order valence-corrected chi connectivity index (χ4v) is 6.42. The number of nitrogens with zero attached hydrogens (tertiary/aromatic N) is 3. The molecule has 1 aromatic heterocycles. The molecule has 6 rings (SSSR count). The number of carbonyl (C=O) groups excluding carboxylic acids is 1. The zero-order chi connectivity index (χ0) is 22.9. The molecule has 3 aliphatic rings. The molecular formula is C29H36N4O. The van der Waals surface area contributed by atoms with Crippen molar-refractivity contribution in [3.8, 4) is 0 Å². The van der Waals surface area contributed by atoms with Crippen LogP contribution < -0.4 is 9.80 Å². The summed E-state index contributed by atoms with van der Waals surface area (Å²) >= 11 is 0. The average Bonchev–Trinajstić information content (AvgIpc) is 3.38. The number of rotatable bonds is 4. The van der Waals surface area contributed by atoms with E-state index in [-0.39, 0.29) is 12.0 Å². The Morgan fingerprint density at radius 1 is 0.853 bits per heavy atom. The van der Waals surface area contributed by atoms with Crippen LogP contribution in [0.3, 0.4) is 0 Å². The number of hydrogen-bond acceptors (Lipinski definition) is 3. The summed E-state index contributed by atoms with van der Waals surface area (Å²) in [7, 11) is 0. The van der Waals surface area contributed by atoms with Gasteiger partial charge < -0.3 is 14.8 Å². The molecule has 0 radical (unpaired) electrons. The zero-order valence-electron chi connectivity index (χ0n) is 20.1. The Balaban J connectivity index is 1.17. The third-order valence-corrected chi connectivity index (χ3v) is 8.30. The van der Waals surface area contributed by atoms with Crippen LogP contribution in [-0.4, -0.2) is 54.6 Å². The Hall–Kier alpha value is -2.79. The lowest BCUT2D eigenvalue weighted by atomic mass is 9.86. The minimum absolute atomic E-state index is 0.209. The largest absolute Gasteiger partial charge is 0.367 e. The second-order valence-corrected chi connectivity index (χ2v) is 10.4. The Bertz CT molecular complexity index is 1140. The molecule has 1 N–H and O–H groups in total. The summed E-state index contributed by atoms with van der Waals surface area (Å²) < 4.78 is 0. The summed E-state index contributed by atoms with van der Waals surface area (Å²) in [5.41, 5.74) is 5.06. The van der Waals surface area contributed by atoms with Gasteiger partial charge in [-0.05, 0) is 49.4 Å². The number of carbonyl (C=O) groups is 1. The van der Waals surface area contributed by atoms with Gasteiger partial charge >= 0.3 is 0 Å². The average molecular weight is 457 g/mol. The van der Waals surface area contributed by atoms with Gasteiger partial charge in [-0.1, -0.05) is 49.6 Å². The number of aryl methyl sites for hydroxylation is 1. The molecule has 5 heteroatoms. The van der Waals surface area contributed by atoms with Crippen molar-refractivity contribution in [1.82, 2.24) is 9.88 Å². The van der Waals surface area contributed by atoms with Crippen LogP contribution in [0.15, 0.2) is 54.7 Å². The first-order chi connectivity index (χ1) is 16.8. The van der Waals surface area contributed by atoms with Gasteiger partial charge in [0.1, 0.15) is 0 Å². The molecule has 0 spiro atoms. The third kappa shape index (κ3) is 4.11. The van der Waals surface area contributed by atoms with E-state index in [1.165, 1.54) is 47.1 Å². The zero-order valence-corrected chi connectivity index (χ0v) is 20.1. The number of para-hydroxylation sites is 2. The summed E-state index contributed by atoms with van der Waals surface area (Å²) in [4.78, 5) is 24.5. The van der Waals surface area contributed by atoms with Crippen molar-refractivity contribution in [2.24, 2.45) is 5.92 Å². The monoisotopic (exact) mass is 456 g/mol. The third-order valence-electron chi connectivity index (χ3n) is 8.30. The smallest absolute Gasteiger partial charge is 0.230 e. The van der Waals surface area contributed by atoms with Crippen molar-refractivity contribution in [3.05, 3.63) is 60.3 Å². The molecule has 1 saturated carbocycles. The predicted molar refractivity (Wildman–Crippen MR) is 140 cm³/mol. The van der Waals surface area contributed by atoms with Crippen molar-refractivity contribution >= 4 is 28.2 Å². The Labute approximate surface area is 202 Å². The number of anilines is 2. The van der Waals surface area contributed by atoms with Gasteiger partial charge in [-0.25, -0.2) is 0 Å². The van der Waals surface area contributed by atoms with E-state index in [2.05, 4.69) is 68.2 Å². The molecule has 0 bridgehead atoms. The van der Waals surface area contributed by atoms with Crippen LogP contribution in [0.4, 0.5) is 11.4 Å². The number of hydrogen-bond donors (Lipinski definition) is 1. The topological polar surface area (TPSA) is 42.6 Å². The summed E-state index contributed by atoms with van der Waals surface area (Å²) in [5.74, 6) is 0.592. The van der Waals surface area contributed by atoms with E-state index in [0.29, 0.717) is 5.91 Å². The molecule has 5 nitrogen and oxygen atoms in total. The van der Waals surface area contributed by atoms with Gasteiger partial charge in [0.05, 0.1) is 11.2 Å². The first kappa shape index (κ1) is 21.7. The van der Waals surface area contributed by atoms with Crippen molar-refractivity contribution in [2.45, 2.75) is 51.0 Å². The molecular weight excluding hydrogens is 420 g/mol. The highest BCUT2D eigenvalue weighted by atomic mass is 16.2. The van der Waals surface area contributed by atoms with E-state index < -0.39 is 0 Å². The summed E-state index contributed by atoms with van der Waals surface area (Å²) in [6.45, 7) is 5.12. The van der Waals surface area contributed by atoms with Gasteiger partial charge in [0.2, 0.25) is 5.91 Å². The van der Waals surface area contributed by atoms with Crippen molar-refractivity contribution in [1.29, 1.82) is 0 Å². The van der Waals surface area contributed by atoms with E-state index in [1.807, 2.05) is 6.20 Å². The number of piperazine rings is 1. The summed E-state index contributed by atoms with van der Waals surface area (Å²) in [6, 6.07) is 17.6. The molecule has 2 aliphatic heterocycles. The van der Waals surface area contributed by atoms with E-state index in [4.69, 9.17) is 0 Å². The maximum absolute atomic E-state index is 13.8. The second-order valence-electron chi connectivity index (χ2n) is 10.4. The summed E-state index contributed by atoms with van der Waals surface area (Å²) in [5, 5.41) is 1.28. The molecule has 2 aromatic carbocycles. The van der Waals surface area contributed by atoms with Crippen LogP contribution in [0.2, 0.25) is 0 Å². The van der Waals surface area contributed by atoms with Gasteiger partial charge in [0.25, 0.3) is 0 Å². The molecule has 1 saturated heterocycles. The normalized spacial score (nSPS) is 22.2. The number of nitrogens with one attached hydrogen (secondary N) is 1. The Kier molecular flexibility index (Phi) is 6.04. The summed E-state index contributed by atoms with van der Waals surface area (Å²) in [6.07, 6.45) is 9.98. The SMILES string of the molecule is O=C(C1CCCCC1)N1c2ccccc2CCC1CN1CCN(c2cccc3cc[nH]c23)CC1. The maximum Gasteiger partial charge on any atom is 0.230 e. The van der Waals surface area contributed by atoms with Gasteiger partial charge in [-0.3, -0.25) is 9.69 Å². The number of aromatic nitrogens is 1. The standard InChI is InChI=1S/C29H36N4O/c34-29(24-8-2-1-3-9-24)33-25(14-13-22-7-4-5-11-26(22)33)21-31-17-19-32(20-18-31)27-12-6-10-23-15-16-30-28(23)27/h4-7,10-12,15-16,24-25,30H,1-3,8-9,13-14,17-21H2. The first-order valence-corrected chi connectivity index (χ1v) is 13.2. The van der Waals surface area contributed by atoms with Crippen molar-refractivity contribution in [3.63, 3.8) is 0 Å². The van der Waals surface area contributed by atoms with E-state index >= 15 is 0 Å². The van der Waals surface area contributed by atoms with E-state index in [9.17, 15) is 4.79 Å². The lowest BCUT2D eigenvalue weighted by molar-refractivity contribution is -0.124. The lowest BCUT2D eigenvalue weighted by Crippen LogP contribution is -2.55. The number of H-pyrrole nitrogens is 1. The fraction of sp³-hybridized carbons (Fsp3) is 0.483. The van der Waals surface area contributed by atoms with E-state index in [0.717, 1.165) is 58.4 Å². The molecule has 1 unspecified atom stereocenters. The molecule has 3 aromatic rings. The van der Waals surface area contributed by atoms with Crippen LogP contribution in [0.25, 0.3) is 10.9 Å². The highest BCUT2D eigenvalue weighted by molar-refractivity contribution is 5.97. The molecule has 3 heterocycles. The quantitative estimate of drug-likeness (QED) is 0.585. The Morgan fingerprint density at radius 3 is 2.50 bits per heavy atom. The lowest BCUT2D eigenvalue weighted by Gasteiger charge is -2.43. The number of amides is 1. The molecule has 1 amide bonds. The second kappa shape index (κ2) is 9.46. The van der Waals surface area contributed by atoms with Crippen LogP contribution >= 0.6 is 0 Å². The van der Waals surface area contributed by atoms with Gasteiger partial charge in [-0.15, -0.1) is 0 Å². The fourth-order valence-electron chi connectivity index (χ4n) is 6.42. The highest BCUT2D eigenvalue weighted by Crippen LogP contribution is 2.35. The molecule has 2 fully saturated rings. The minimum Gasteiger partial charge on any atom is -0.367 e. The molecule has 178 valence electrons. The van der Waals surface area contributed by atoms with Crippen LogP contribution in [0.5, 0.6) is 0 Å². The minimum atomic E-state index is 0.209. The first-order valence-electron chi connectivity index (χ1n) is 13.2. The molecule has 34 heavy (non-hydrogen) atoms. The van der Waals surface area contributed by atoms with Crippen LogP contribution in [0.1, 0.15) is 44.1 Å². The number of benzene rings is 2. The number of aromatic amines is 1. The maximum atomic E-state index is 13.8. The van der Waals surface area contributed by atoms with Gasteiger partial charge in [0, 0.05) is 62.0 Å². The number of fused-ring (bicyclic) bond motifs is 2. The van der Waals surface area contributed by atoms with Gasteiger partial charge in [0.15, 0.2) is 0 Å².